The van der Waals surface area contributed by atoms with Gasteiger partial charge in [0.05, 0.1) is 12.3 Å². The highest BCUT2D eigenvalue weighted by Crippen LogP contribution is 2.20. The van der Waals surface area contributed by atoms with Crippen molar-refractivity contribution in [2.24, 2.45) is 0 Å². The Balaban J connectivity index is 0.00000176. The summed E-state index contributed by atoms with van der Waals surface area (Å²) in [5.41, 5.74) is 4.52. The third kappa shape index (κ3) is 3.57. The van der Waals surface area contributed by atoms with Gasteiger partial charge in [0.15, 0.2) is 11.9 Å². The fourth-order valence-corrected chi connectivity index (χ4v) is 2.38. The number of aryl methyl sites for hydroxylation is 1. The summed E-state index contributed by atoms with van der Waals surface area (Å²) in [4.78, 5) is 0. The van der Waals surface area contributed by atoms with Crippen LogP contribution in [0.25, 0.3) is 5.52 Å². The lowest BCUT2D eigenvalue weighted by atomic mass is 10.2. The molecule has 0 bridgehead atoms. The SMILES string of the molecule is CCOc1ccc(Nc2cc[n+]3c(C)cccc3c2)cc1.[Br-]. The molecular formula is C18H19BrN2O. The average Bonchev–Trinajstić information content (AvgIpc) is 2.50. The van der Waals surface area contributed by atoms with E-state index >= 15 is 0 Å². The number of pyridine rings is 2. The van der Waals surface area contributed by atoms with Crippen molar-refractivity contribution in [3.05, 3.63) is 66.5 Å². The van der Waals surface area contributed by atoms with Crippen LogP contribution in [-0.4, -0.2) is 6.61 Å². The quantitative estimate of drug-likeness (QED) is 0.700. The Labute approximate surface area is 141 Å². The van der Waals surface area contributed by atoms with E-state index in [9.17, 15) is 0 Å². The van der Waals surface area contributed by atoms with Crippen molar-refractivity contribution < 1.29 is 26.1 Å². The molecule has 22 heavy (non-hydrogen) atoms. The number of nitrogens with one attached hydrogen (secondary N) is 1. The van der Waals surface area contributed by atoms with Gasteiger partial charge in [0.2, 0.25) is 5.52 Å². The number of halogens is 1. The molecule has 3 rings (SSSR count). The molecule has 0 aliphatic carbocycles. The molecule has 0 saturated heterocycles. The van der Waals surface area contributed by atoms with Crippen molar-refractivity contribution in [2.45, 2.75) is 13.8 Å². The first-order valence-electron chi connectivity index (χ1n) is 7.17. The van der Waals surface area contributed by atoms with Crippen molar-refractivity contribution in [1.82, 2.24) is 0 Å². The van der Waals surface area contributed by atoms with E-state index in [2.05, 4.69) is 53.2 Å². The fourth-order valence-electron chi connectivity index (χ4n) is 2.38. The molecule has 0 aliphatic rings. The van der Waals surface area contributed by atoms with Gasteiger partial charge in [0.25, 0.3) is 0 Å². The third-order valence-corrected chi connectivity index (χ3v) is 3.42. The van der Waals surface area contributed by atoms with Gasteiger partial charge in [0, 0.05) is 36.9 Å². The molecule has 114 valence electrons. The molecule has 1 N–H and O–H groups in total. The topological polar surface area (TPSA) is 25.4 Å². The smallest absolute Gasteiger partial charge is 0.212 e. The molecule has 2 aromatic heterocycles. The van der Waals surface area contributed by atoms with Crippen LogP contribution in [0.2, 0.25) is 0 Å². The Kier molecular flexibility index (Phi) is 5.39. The van der Waals surface area contributed by atoms with Crippen LogP contribution in [0.1, 0.15) is 12.6 Å². The first kappa shape index (κ1) is 16.3. The number of ether oxygens (including phenoxy) is 1. The van der Waals surface area contributed by atoms with Gasteiger partial charge < -0.3 is 27.0 Å². The van der Waals surface area contributed by atoms with Crippen LogP contribution < -0.4 is 31.4 Å². The number of rotatable bonds is 4. The Morgan fingerprint density at radius 1 is 1.00 bits per heavy atom. The minimum Gasteiger partial charge on any atom is -1.00 e. The summed E-state index contributed by atoms with van der Waals surface area (Å²) in [5, 5.41) is 3.42. The number of benzene rings is 1. The zero-order valence-corrected chi connectivity index (χ0v) is 14.3. The van der Waals surface area contributed by atoms with Gasteiger partial charge >= 0.3 is 0 Å². The lowest BCUT2D eigenvalue weighted by Crippen LogP contribution is -3.00. The molecule has 4 heteroatoms. The summed E-state index contributed by atoms with van der Waals surface area (Å²) < 4.78 is 7.62. The summed E-state index contributed by atoms with van der Waals surface area (Å²) in [6.45, 7) is 4.78. The maximum Gasteiger partial charge on any atom is 0.212 e. The van der Waals surface area contributed by atoms with Crippen molar-refractivity contribution in [2.75, 3.05) is 11.9 Å². The van der Waals surface area contributed by atoms with Crippen LogP contribution in [0.4, 0.5) is 11.4 Å². The molecule has 0 amide bonds. The summed E-state index contributed by atoms with van der Waals surface area (Å²) in [5.74, 6) is 0.896. The summed E-state index contributed by atoms with van der Waals surface area (Å²) >= 11 is 0. The molecule has 0 unspecified atom stereocenters. The Morgan fingerprint density at radius 2 is 1.77 bits per heavy atom. The number of nitrogens with zero attached hydrogens (tertiary/aromatic N) is 1. The predicted molar refractivity (Wildman–Crippen MR) is 85.2 cm³/mol. The zero-order chi connectivity index (χ0) is 14.7. The monoisotopic (exact) mass is 358 g/mol. The minimum absolute atomic E-state index is 0. The molecule has 0 spiro atoms. The molecule has 3 nitrogen and oxygen atoms in total. The second-order valence-corrected chi connectivity index (χ2v) is 4.96. The van der Waals surface area contributed by atoms with Crippen molar-refractivity contribution >= 4 is 16.9 Å². The predicted octanol–water partition coefficient (Wildman–Crippen LogP) is 0.880. The van der Waals surface area contributed by atoms with E-state index in [1.165, 1.54) is 11.2 Å². The number of hydrogen-bond acceptors (Lipinski definition) is 2. The molecule has 3 aromatic rings. The van der Waals surface area contributed by atoms with E-state index in [0.717, 1.165) is 17.1 Å². The first-order chi connectivity index (χ1) is 10.3. The maximum absolute atomic E-state index is 5.45. The average molecular weight is 359 g/mol. The highest BCUT2D eigenvalue weighted by Gasteiger charge is 2.06. The van der Waals surface area contributed by atoms with Crippen LogP contribution in [0.5, 0.6) is 5.75 Å². The van der Waals surface area contributed by atoms with E-state index in [-0.39, 0.29) is 17.0 Å². The van der Waals surface area contributed by atoms with Gasteiger partial charge in [-0.15, -0.1) is 0 Å². The van der Waals surface area contributed by atoms with E-state index in [1.807, 2.05) is 31.2 Å². The zero-order valence-electron chi connectivity index (χ0n) is 12.7. The normalized spacial score (nSPS) is 10.1. The molecule has 2 heterocycles. The summed E-state index contributed by atoms with van der Waals surface area (Å²) in [6, 6.07) is 18.5. The van der Waals surface area contributed by atoms with E-state index in [0.29, 0.717) is 6.61 Å². The molecule has 0 aliphatic heterocycles. The van der Waals surface area contributed by atoms with Gasteiger partial charge in [-0.3, -0.25) is 0 Å². The maximum atomic E-state index is 5.45. The van der Waals surface area contributed by atoms with Gasteiger partial charge in [-0.1, -0.05) is 0 Å². The van der Waals surface area contributed by atoms with Crippen molar-refractivity contribution in [3.8, 4) is 5.75 Å². The van der Waals surface area contributed by atoms with Crippen LogP contribution in [0.3, 0.4) is 0 Å². The van der Waals surface area contributed by atoms with Gasteiger partial charge in [0.1, 0.15) is 5.75 Å². The highest BCUT2D eigenvalue weighted by molar-refractivity contribution is 5.63. The molecule has 0 atom stereocenters. The summed E-state index contributed by atoms with van der Waals surface area (Å²) in [6.07, 6.45) is 2.08. The lowest BCUT2D eigenvalue weighted by molar-refractivity contribution is -0.519. The Bertz CT molecular complexity index is 757. The van der Waals surface area contributed by atoms with E-state index in [4.69, 9.17) is 4.74 Å². The lowest BCUT2D eigenvalue weighted by Gasteiger charge is -2.07. The van der Waals surface area contributed by atoms with Crippen molar-refractivity contribution in [1.29, 1.82) is 0 Å². The minimum atomic E-state index is 0. The highest BCUT2D eigenvalue weighted by atomic mass is 79.9. The number of fused-ring (bicyclic) bond motifs is 1. The molecule has 1 aromatic carbocycles. The van der Waals surface area contributed by atoms with Gasteiger partial charge in [-0.2, -0.15) is 4.40 Å². The van der Waals surface area contributed by atoms with E-state index < -0.39 is 0 Å². The third-order valence-electron chi connectivity index (χ3n) is 3.42. The second kappa shape index (κ2) is 7.27. The number of anilines is 2. The van der Waals surface area contributed by atoms with Crippen LogP contribution in [0, 0.1) is 6.92 Å². The first-order valence-corrected chi connectivity index (χ1v) is 7.17. The second-order valence-electron chi connectivity index (χ2n) is 4.96. The standard InChI is InChI=1S/C18H18N2O.BrH/c1-3-21-18-9-7-15(8-10-18)19-16-11-12-20-14(2)5-4-6-17(20)13-16;/h4-13H,3H2,1-2H3;1H. The number of hydrogen-bond donors (Lipinski definition) is 1. The molecule has 0 fully saturated rings. The molecule has 0 radical (unpaired) electrons. The van der Waals surface area contributed by atoms with Gasteiger partial charge in [-0.25, -0.2) is 0 Å². The largest absolute Gasteiger partial charge is 1.00 e. The molecular weight excluding hydrogens is 340 g/mol. The van der Waals surface area contributed by atoms with Crippen LogP contribution in [-0.2, 0) is 0 Å². The molecule has 0 saturated carbocycles. The Hall–Kier alpha value is -2.07. The van der Waals surface area contributed by atoms with Crippen LogP contribution >= 0.6 is 0 Å². The number of aromatic nitrogens is 1. The van der Waals surface area contributed by atoms with Crippen molar-refractivity contribution in [3.63, 3.8) is 0 Å². The summed E-state index contributed by atoms with van der Waals surface area (Å²) in [7, 11) is 0. The Morgan fingerprint density at radius 3 is 2.50 bits per heavy atom. The van der Waals surface area contributed by atoms with E-state index in [1.54, 1.807) is 0 Å². The van der Waals surface area contributed by atoms with Gasteiger partial charge in [-0.05, 0) is 37.3 Å². The van der Waals surface area contributed by atoms with Crippen LogP contribution in [0.15, 0.2) is 60.8 Å². The fraction of sp³-hybridized carbons (Fsp3) is 0.167.